The van der Waals surface area contributed by atoms with Crippen LogP contribution in [-0.2, 0) is 5.41 Å². The normalized spacial score (nSPS) is 15.6. The molecule has 0 saturated carbocycles. The molecule has 3 heteroatoms. The van der Waals surface area contributed by atoms with Crippen molar-refractivity contribution in [2.75, 3.05) is 0 Å². The van der Waals surface area contributed by atoms with Gasteiger partial charge < -0.3 is 14.3 Å². The fourth-order valence-corrected chi connectivity index (χ4v) is 8.02. The van der Waals surface area contributed by atoms with Crippen molar-refractivity contribution in [2.24, 2.45) is 0 Å². The van der Waals surface area contributed by atoms with Gasteiger partial charge in [0.1, 0.15) is 5.75 Å². The first-order valence-electron chi connectivity index (χ1n) is 16.2. The maximum Gasteiger partial charge on any atom is 0.156 e. The van der Waals surface area contributed by atoms with Crippen LogP contribution in [0.15, 0.2) is 158 Å². The number of hydrogen-bond donors (Lipinski definition) is 1. The molecule has 1 N–H and O–H groups in total. The third-order valence-corrected chi connectivity index (χ3v) is 10.3. The molecule has 2 aromatic heterocycles. The van der Waals surface area contributed by atoms with E-state index in [4.69, 9.17) is 4.74 Å². The van der Waals surface area contributed by atoms with Crippen molar-refractivity contribution >= 4 is 43.6 Å². The SMILES string of the molecule is CC1(c2ccccc2)c2ccc3c4ccccc4n(-c4ccc(-c5ccccc5)cc4)c3c2Oc2ccc3c([nH]c4ccccc43)c21. The molecule has 47 heavy (non-hydrogen) atoms. The van der Waals surface area contributed by atoms with Gasteiger partial charge in [0.05, 0.1) is 22.0 Å². The summed E-state index contributed by atoms with van der Waals surface area (Å²) >= 11 is 0. The molecule has 0 spiro atoms. The Morgan fingerprint density at radius 2 is 1.21 bits per heavy atom. The monoisotopic (exact) mass is 602 g/mol. The molecular formula is C44H30N2O. The fourth-order valence-electron chi connectivity index (χ4n) is 8.02. The predicted octanol–water partition coefficient (Wildman–Crippen LogP) is 11.5. The van der Waals surface area contributed by atoms with Crippen LogP contribution in [0.3, 0.4) is 0 Å². The number of benzene rings is 7. The van der Waals surface area contributed by atoms with Crippen molar-refractivity contribution in [2.45, 2.75) is 12.3 Å². The lowest BCUT2D eigenvalue weighted by atomic mass is 9.68. The number of aromatic amines is 1. The summed E-state index contributed by atoms with van der Waals surface area (Å²) in [5, 5.41) is 4.82. The van der Waals surface area contributed by atoms with Crippen molar-refractivity contribution in [1.82, 2.24) is 9.55 Å². The van der Waals surface area contributed by atoms with Gasteiger partial charge in [-0.15, -0.1) is 0 Å². The van der Waals surface area contributed by atoms with Gasteiger partial charge in [-0.25, -0.2) is 0 Å². The average molecular weight is 603 g/mol. The predicted molar refractivity (Wildman–Crippen MR) is 194 cm³/mol. The molecule has 0 amide bonds. The van der Waals surface area contributed by atoms with E-state index >= 15 is 0 Å². The standard InChI is InChI=1S/C44H30N2O/c1-44(30-14-6-3-7-15-30)36-26-24-35-33-17-9-11-19-38(33)46(31-22-20-29(21-23-31)28-12-4-2-5-13-28)42(35)43(36)47-39-27-25-34-32-16-8-10-18-37(32)45-41(34)40(39)44/h2-27,45H,1H3. The molecule has 3 nitrogen and oxygen atoms in total. The lowest BCUT2D eigenvalue weighted by Crippen LogP contribution is -2.30. The van der Waals surface area contributed by atoms with Crippen molar-refractivity contribution in [3.05, 3.63) is 174 Å². The highest BCUT2D eigenvalue weighted by atomic mass is 16.5. The zero-order chi connectivity index (χ0) is 31.1. The van der Waals surface area contributed by atoms with Gasteiger partial charge in [-0.1, -0.05) is 121 Å². The van der Waals surface area contributed by atoms with Crippen molar-refractivity contribution < 1.29 is 4.74 Å². The Bertz CT molecular complexity index is 2650. The van der Waals surface area contributed by atoms with Crippen LogP contribution in [-0.4, -0.2) is 9.55 Å². The van der Waals surface area contributed by atoms with E-state index in [9.17, 15) is 0 Å². The second kappa shape index (κ2) is 9.72. The van der Waals surface area contributed by atoms with E-state index in [1.807, 2.05) is 0 Å². The number of H-pyrrole nitrogens is 1. The van der Waals surface area contributed by atoms with Gasteiger partial charge >= 0.3 is 0 Å². The van der Waals surface area contributed by atoms with E-state index in [2.05, 4.69) is 174 Å². The third-order valence-electron chi connectivity index (χ3n) is 10.3. The Labute approximate surface area is 272 Å². The van der Waals surface area contributed by atoms with Gasteiger partial charge in [0.15, 0.2) is 5.75 Å². The summed E-state index contributed by atoms with van der Waals surface area (Å²) in [6.45, 7) is 2.36. The maximum absolute atomic E-state index is 7.16. The van der Waals surface area contributed by atoms with Gasteiger partial charge in [0, 0.05) is 43.9 Å². The van der Waals surface area contributed by atoms with E-state index < -0.39 is 5.41 Å². The van der Waals surface area contributed by atoms with Crippen LogP contribution in [0.5, 0.6) is 11.5 Å². The number of fused-ring (bicyclic) bond motifs is 10. The van der Waals surface area contributed by atoms with Crippen molar-refractivity contribution in [3.63, 3.8) is 0 Å². The zero-order valence-corrected chi connectivity index (χ0v) is 25.9. The lowest BCUT2D eigenvalue weighted by Gasteiger charge is -2.38. The molecule has 1 atom stereocenters. The molecular weight excluding hydrogens is 572 g/mol. The van der Waals surface area contributed by atoms with Crippen LogP contribution in [0.25, 0.3) is 60.4 Å². The molecule has 0 bridgehead atoms. The van der Waals surface area contributed by atoms with E-state index in [-0.39, 0.29) is 0 Å². The van der Waals surface area contributed by atoms with Crippen molar-refractivity contribution in [1.29, 1.82) is 0 Å². The minimum Gasteiger partial charge on any atom is -0.454 e. The summed E-state index contributed by atoms with van der Waals surface area (Å²) in [7, 11) is 0. The molecule has 0 aliphatic carbocycles. The van der Waals surface area contributed by atoms with Gasteiger partial charge in [-0.2, -0.15) is 0 Å². The van der Waals surface area contributed by atoms with Crippen LogP contribution >= 0.6 is 0 Å². The van der Waals surface area contributed by atoms with E-state index in [0.29, 0.717) is 0 Å². The molecule has 7 aromatic carbocycles. The van der Waals surface area contributed by atoms with Crippen LogP contribution in [0.1, 0.15) is 23.6 Å². The van der Waals surface area contributed by atoms with Gasteiger partial charge in [0.25, 0.3) is 0 Å². The summed E-state index contributed by atoms with van der Waals surface area (Å²) in [4.78, 5) is 3.79. The molecule has 1 aliphatic rings. The molecule has 1 aliphatic heterocycles. The Morgan fingerprint density at radius 1 is 0.553 bits per heavy atom. The van der Waals surface area contributed by atoms with Crippen LogP contribution < -0.4 is 4.74 Å². The van der Waals surface area contributed by atoms with Crippen molar-refractivity contribution in [3.8, 4) is 28.3 Å². The van der Waals surface area contributed by atoms with Crippen LogP contribution in [0.4, 0.5) is 0 Å². The van der Waals surface area contributed by atoms with Gasteiger partial charge in [-0.05, 0) is 60.0 Å². The summed E-state index contributed by atoms with van der Waals surface area (Å²) in [6.07, 6.45) is 0. The largest absolute Gasteiger partial charge is 0.454 e. The van der Waals surface area contributed by atoms with E-state index in [1.54, 1.807) is 0 Å². The minimum atomic E-state index is -0.489. The number of aromatic nitrogens is 2. The number of rotatable bonds is 3. The molecule has 10 rings (SSSR count). The second-order valence-electron chi connectivity index (χ2n) is 12.7. The first kappa shape index (κ1) is 26.2. The Kier molecular flexibility index (Phi) is 5.41. The first-order valence-corrected chi connectivity index (χ1v) is 16.2. The molecule has 9 aromatic rings. The Morgan fingerprint density at radius 3 is 2.02 bits per heavy atom. The molecule has 0 saturated heterocycles. The summed E-state index contributed by atoms with van der Waals surface area (Å²) in [6, 6.07) is 56.6. The number of hydrogen-bond acceptors (Lipinski definition) is 1. The highest BCUT2D eigenvalue weighted by Crippen LogP contribution is 2.56. The number of nitrogens with one attached hydrogen (secondary N) is 1. The molecule has 222 valence electrons. The van der Waals surface area contributed by atoms with Gasteiger partial charge in [-0.3, -0.25) is 0 Å². The highest BCUT2D eigenvalue weighted by molar-refractivity contribution is 6.13. The number of nitrogens with zero attached hydrogens (tertiary/aromatic N) is 1. The van der Waals surface area contributed by atoms with Crippen LogP contribution in [0, 0.1) is 0 Å². The van der Waals surface area contributed by atoms with Gasteiger partial charge in [0.2, 0.25) is 0 Å². The van der Waals surface area contributed by atoms with E-state index in [0.717, 1.165) is 44.8 Å². The number of para-hydroxylation sites is 2. The Hall–Kier alpha value is -6.06. The lowest BCUT2D eigenvalue weighted by molar-refractivity contribution is 0.433. The smallest absolute Gasteiger partial charge is 0.156 e. The molecule has 1 unspecified atom stereocenters. The zero-order valence-electron chi connectivity index (χ0n) is 25.9. The third kappa shape index (κ3) is 3.62. The average Bonchev–Trinajstić information content (AvgIpc) is 3.68. The highest BCUT2D eigenvalue weighted by Gasteiger charge is 2.43. The summed E-state index contributed by atoms with van der Waals surface area (Å²) < 4.78 is 9.54. The van der Waals surface area contributed by atoms with Crippen LogP contribution in [0.2, 0.25) is 0 Å². The van der Waals surface area contributed by atoms with E-state index in [1.165, 1.54) is 43.8 Å². The minimum absolute atomic E-state index is 0.489. The molecule has 0 fully saturated rings. The molecule has 0 radical (unpaired) electrons. The first-order chi connectivity index (χ1) is 23.2. The second-order valence-corrected chi connectivity index (χ2v) is 12.7. The summed E-state index contributed by atoms with van der Waals surface area (Å²) in [5.41, 5.74) is 11.1. The summed E-state index contributed by atoms with van der Waals surface area (Å²) in [5.74, 6) is 1.78. The maximum atomic E-state index is 7.16. The quantitative estimate of drug-likeness (QED) is 0.214. The fraction of sp³-hybridized carbons (Fsp3) is 0.0455. The number of ether oxygens (including phenoxy) is 1. The molecule has 3 heterocycles. The Balaban J connectivity index is 1.29. The topological polar surface area (TPSA) is 29.9 Å².